The van der Waals surface area contributed by atoms with Crippen molar-refractivity contribution in [1.29, 1.82) is 0 Å². The number of nitrogens with zero attached hydrogens (tertiary/aromatic N) is 1. The molecule has 1 saturated carbocycles. The maximum absolute atomic E-state index is 13.7. The van der Waals surface area contributed by atoms with Gasteiger partial charge in [-0.3, -0.25) is 4.99 Å². The van der Waals surface area contributed by atoms with Crippen LogP contribution >= 0.6 is 0 Å². The number of fused-ring (bicyclic) bond motifs is 1. The Hall–Kier alpha value is -2.69. The van der Waals surface area contributed by atoms with Gasteiger partial charge in [0.15, 0.2) is 0 Å². The van der Waals surface area contributed by atoms with Gasteiger partial charge in [-0.2, -0.15) is 0 Å². The van der Waals surface area contributed by atoms with E-state index in [1.54, 1.807) is 0 Å². The highest BCUT2D eigenvalue weighted by Gasteiger charge is 2.69. The summed E-state index contributed by atoms with van der Waals surface area (Å²) in [4.78, 5) is 31.7. The molecule has 0 radical (unpaired) electrons. The van der Waals surface area contributed by atoms with E-state index in [-0.39, 0.29) is 17.9 Å². The molecule has 1 spiro atoms. The molecule has 0 aromatic rings. The lowest BCUT2D eigenvalue weighted by molar-refractivity contribution is -0.135. The Morgan fingerprint density at radius 2 is 2.00 bits per heavy atom. The van der Waals surface area contributed by atoms with Gasteiger partial charge in [0, 0.05) is 23.3 Å². The summed E-state index contributed by atoms with van der Waals surface area (Å²) in [7, 11) is 0. The van der Waals surface area contributed by atoms with Crippen LogP contribution in [-0.4, -0.2) is 24.7 Å². The molecular formula is C31H35NO4. The first-order valence-corrected chi connectivity index (χ1v) is 14.1. The van der Waals surface area contributed by atoms with Gasteiger partial charge in [0.05, 0.1) is 17.5 Å². The third kappa shape index (κ3) is 2.86. The Labute approximate surface area is 213 Å². The van der Waals surface area contributed by atoms with E-state index in [0.717, 1.165) is 93.4 Å². The molecule has 0 aromatic heterocycles. The second-order valence-electron chi connectivity index (χ2n) is 11.7. The minimum Gasteiger partial charge on any atom is -0.427 e. The Morgan fingerprint density at radius 1 is 1.11 bits per heavy atom. The van der Waals surface area contributed by atoms with Crippen molar-refractivity contribution in [3.8, 4) is 0 Å². The molecule has 5 heteroatoms. The molecule has 2 bridgehead atoms. The number of unbranched alkanes of at least 4 members (excludes halogenated alkanes) is 1. The molecule has 188 valence electrons. The van der Waals surface area contributed by atoms with Crippen LogP contribution in [0.2, 0.25) is 0 Å². The van der Waals surface area contributed by atoms with Crippen LogP contribution in [0.3, 0.4) is 0 Å². The molecule has 8 rings (SSSR count). The molecule has 2 fully saturated rings. The molecular weight excluding hydrogens is 450 g/mol. The van der Waals surface area contributed by atoms with Gasteiger partial charge in [-0.05, 0) is 86.3 Å². The molecule has 0 aromatic carbocycles. The maximum atomic E-state index is 13.7. The van der Waals surface area contributed by atoms with E-state index >= 15 is 0 Å². The van der Waals surface area contributed by atoms with Crippen molar-refractivity contribution in [2.24, 2.45) is 34.1 Å². The van der Waals surface area contributed by atoms with Gasteiger partial charge in [-0.25, -0.2) is 9.59 Å². The van der Waals surface area contributed by atoms with Crippen LogP contribution in [0.25, 0.3) is 0 Å². The molecule has 5 aliphatic carbocycles. The van der Waals surface area contributed by atoms with Crippen molar-refractivity contribution in [3.05, 3.63) is 57.1 Å². The van der Waals surface area contributed by atoms with E-state index in [1.807, 2.05) is 6.21 Å². The van der Waals surface area contributed by atoms with Gasteiger partial charge in [0.2, 0.25) is 0 Å². The van der Waals surface area contributed by atoms with Crippen LogP contribution in [0, 0.1) is 29.1 Å². The lowest BCUT2D eigenvalue weighted by Gasteiger charge is -2.57. The zero-order valence-electron chi connectivity index (χ0n) is 21.4. The van der Waals surface area contributed by atoms with E-state index in [4.69, 9.17) is 9.47 Å². The molecule has 8 aliphatic rings. The number of ether oxygens (including phenoxy) is 2. The first-order valence-electron chi connectivity index (χ1n) is 14.1. The van der Waals surface area contributed by atoms with Crippen LogP contribution in [0.15, 0.2) is 62.1 Å². The third-order valence-electron chi connectivity index (χ3n) is 10.0. The van der Waals surface area contributed by atoms with E-state index in [2.05, 4.69) is 31.0 Å². The van der Waals surface area contributed by atoms with Gasteiger partial charge >= 0.3 is 11.9 Å². The van der Waals surface area contributed by atoms with Crippen molar-refractivity contribution >= 4 is 18.2 Å². The van der Waals surface area contributed by atoms with Crippen LogP contribution in [0.5, 0.6) is 0 Å². The largest absolute Gasteiger partial charge is 0.427 e. The Morgan fingerprint density at radius 3 is 2.78 bits per heavy atom. The maximum Gasteiger partial charge on any atom is 0.340 e. The van der Waals surface area contributed by atoms with E-state index < -0.39 is 5.41 Å². The fourth-order valence-corrected chi connectivity index (χ4v) is 8.81. The van der Waals surface area contributed by atoms with Crippen molar-refractivity contribution < 1.29 is 19.1 Å². The van der Waals surface area contributed by atoms with Crippen LogP contribution < -0.4 is 0 Å². The highest BCUT2D eigenvalue weighted by molar-refractivity contribution is 6.01. The molecule has 5 unspecified atom stereocenters. The molecule has 5 atom stereocenters. The molecule has 3 heterocycles. The summed E-state index contributed by atoms with van der Waals surface area (Å²) in [6.45, 7) is 5.07. The van der Waals surface area contributed by atoms with Crippen LogP contribution in [0.4, 0.5) is 0 Å². The van der Waals surface area contributed by atoms with Crippen molar-refractivity contribution in [1.82, 2.24) is 0 Å². The number of hydrogen-bond donors (Lipinski definition) is 0. The molecule has 5 nitrogen and oxygen atoms in total. The average molecular weight is 486 g/mol. The predicted octanol–water partition coefficient (Wildman–Crippen LogP) is 6.29. The molecule has 36 heavy (non-hydrogen) atoms. The summed E-state index contributed by atoms with van der Waals surface area (Å²) in [6.07, 6.45) is 16.1. The van der Waals surface area contributed by atoms with Gasteiger partial charge in [-0.1, -0.05) is 38.3 Å². The monoisotopic (exact) mass is 485 g/mol. The fourth-order valence-electron chi connectivity index (χ4n) is 8.81. The fraction of sp³-hybridized carbons (Fsp3) is 0.581. The SMILES string of the molecule is CCCC=C1OC(=O)C2=C(CC3=CCN=C3)C3CCC12C1C2=C4C(=C(CCC)CCC4CC31)OC2=O. The van der Waals surface area contributed by atoms with Gasteiger partial charge in [0.25, 0.3) is 0 Å². The minimum atomic E-state index is -0.526. The quantitative estimate of drug-likeness (QED) is 0.415. The molecule has 0 N–H and O–H groups in total. The number of aliphatic imine (C=N–C) groups is 1. The van der Waals surface area contributed by atoms with E-state index in [0.29, 0.717) is 17.8 Å². The van der Waals surface area contributed by atoms with E-state index in [1.165, 1.54) is 22.3 Å². The van der Waals surface area contributed by atoms with Crippen LogP contribution in [-0.2, 0) is 19.1 Å². The summed E-state index contributed by atoms with van der Waals surface area (Å²) in [6, 6.07) is 0. The van der Waals surface area contributed by atoms with Gasteiger partial charge in [-0.15, -0.1) is 0 Å². The molecule has 0 amide bonds. The average Bonchev–Trinajstić information content (AvgIpc) is 3.58. The molecule has 1 saturated heterocycles. The molecule has 3 aliphatic heterocycles. The first-order chi connectivity index (χ1) is 17.6. The van der Waals surface area contributed by atoms with Gasteiger partial charge in [0.1, 0.15) is 11.5 Å². The zero-order valence-corrected chi connectivity index (χ0v) is 21.4. The van der Waals surface area contributed by atoms with Crippen molar-refractivity contribution in [2.45, 2.75) is 78.1 Å². The standard InChI is InChI=1S/C31H35NO4/c1-3-5-7-23-31-12-10-20(21(27(31)30(34)35-23)14-17-11-13-32-16-17)22-15-19-9-8-18(6-4-2)28-24(19)25(26(22)31)29(33)36-28/h7,11,16,19-20,22,26H,3-6,8-10,12-15H2,1-2H3. The first kappa shape index (κ1) is 22.5. The second-order valence-corrected chi connectivity index (χ2v) is 11.7. The summed E-state index contributed by atoms with van der Waals surface area (Å²) >= 11 is 0. The lowest BCUT2D eigenvalue weighted by Crippen LogP contribution is -2.53. The van der Waals surface area contributed by atoms with E-state index in [9.17, 15) is 9.59 Å². The van der Waals surface area contributed by atoms with Gasteiger partial charge < -0.3 is 9.47 Å². The topological polar surface area (TPSA) is 65.0 Å². The second kappa shape index (κ2) is 8.16. The highest BCUT2D eigenvalue weighted by Crippen LogP contribution is 2.72. The number of hydrogen-bond acceptors (Lipinski definition) is 5. The normalized spacial score (nSPS) is 36.9. The summed E-state index contributed by atoms with van der Waals surface area (Å²) < 4.78 is 12.2. The highest BCUT2D eigenvalue weighted by atomic mass is 16.5. The Kier molecular flexibility index (Phi) is 5.10. The minimum absolute atomic E-state index is 0.0204. The van der Waals surface area contributed by atoms with Crippen molar-refractivity contribution in [3.63, 3.8) is 0 Å². The Bertz CT molecular complexity index is 1260. The Balaban J connectivity index is 1.45. The summed E-state index contributed by atoms with van der Waals surface area (Å²) in [5.74, 6) is 2.39. The number of esters is 2. The predicted molar refractivity (Wildman–Crippen MR) is 137 cm³/mol. The zero-order chi connectivity index (χ0) is 24.6. The number of allylic oxidation sites excluding steroid dienone is 6. The third-order valence-corrected chi connectivity index (χ3v) is 10.0. The summed E-state index contributed by atoms with van der Waals surface area (Å²) in [5, 5.41) is 0. The number of cyclic esters (lactones) is 1. The number of carbonyl (C=O) groups is 2. The van der Waals surface area contributed by atoms with Crippen molar-refractivity contribution in [2.75, 3.05) is 6.54 Å². The number of rotatable bonds is 6. The lowest BCUT2D eigenvalue weighted by atomic mass is 9.43. The number of carbonyl (C=O) groups excluding carboxylic acids is 2. The van der Waals surface area contributed by atoms with Crippen LogP contribution in [0.1, 0.15) is 78.1 Å². The summed E-state index contributed by atoms with van der Waals surface area (Å²) in [5.41, 5.74) is 6.21. The smallest absolute Gasteiger partial charge is 0.340 e.